The second-order valence-corrected chi connectivity index (χ2v) is 1.59. The predicted octanol–water partition coefficient (Wildman–Crippen LogP) is -0.373. The molecule has 0 aliphatic carbocycles. The molecule has 0 unspecified atom stereocenters. The van der Waals surface area contributed by atoms with Crippen LogP contribution in [0.5, 0.6) is 0 Å². The van der Waals surface area contributed by atoms with Crippen LogP contribution in [0, 0.1) is 0 Å². The predicted molar refractivity (Wildman–Crippen MR) is 36.1 cm³/mol. The SMILES string of the molecule is Nc1cc(NC=O)ncn1. The first-order chi connectivity index (χ1) is 4.83. The summed E-state index contributed by atoms with van der Waals surface area (Å²) in [6.45, 7) is 0. The second kappa shape index (κ2) is 2.77. The summed E-state index contributed by atoms with van der Waals surface area (Å²) < 4.78 is 0. The summed E-state index contributed by atoms with van der Waals surface area (Å²) in [4.78, 5) is 17.2. The molecule has 0 atom stereocenters. The zero-order valence-corrected chi connectivity index (χ0v) is 5.11. The molecule has 0 saturated heterocycles. The van der Waals surface area contributed by atoms with E-state index in [0.717, 1.165) is 0 Å². The molecule has 0 radical (unpaired) electrons. The molecule has 0 aliphatic rings. The highest BCUT2D eigenvalue weighted by Crippen LogP contribution is 2.02. The van der Waals surface area contributed by atoms with Crippen LogP contribution in [0.4, 0.5) is 11.6 Å². The van der Waals surface area contributed by atoms with E-state index in [4.69, 9.17) is 5.73 Å². The lowest BCUT2D eigenvalue weighted by molar-refractivity contribution is -0.105. The number of anilines is 2. The van der Waals surface area contributed by atoms with E-state index in [0.29, 0.717) is 18.0 Å². The normalized spacial score (nSPS) is 8.80. The molecule has 0 aliphatic heterocycles. The Balaban J connectivity index is 2.84. The molecular weight excluding hydrogens is 132 g/mol. The van der Waals surface area contributed by atoms with E-state index in [1.807, 2.05) is 0 Å². The van der Waals surface area contributed by atoms with Crippen LogP contribution in [0.1, 0.15) is 0 Å². The van der Waals surface area contributed by atoms with E-state index >= 15 is 0 Å². The lowest BCUT2D eigenvalue weighted by atomic mass is 10.5. The average molecular weight is 138 g/mol. The topological polar surface area (TPSA) is 80.9 Å². The van der Waals surface area contributed by atoms with Crippen LogP contribution < -0.4 is 11.1 Å². The van der Waals surface area contributed by atoms with Crippen molar-refractivity contribution in [3.8, 4) is 0 Å². The summed E-state index contributed by atoms with van der Waals surface area (Å²) in [5.41, 5.74) is 5.28. The van der Waals surface area contributed by atoms with Crippen LogP contribution in [0.25, 0.3) is 0 Å². The first-order valence-electron chi connectivity index (χ1n) is 2.60. The molecule has 0 bridgehead atoms. The van der Waals surface area contributed by atoms with Crippen molar-refractivity contribution in [2.24, 2.45) is 0 Å². The monoisotopic (exact) mass is 138 g/mol. The number of nitrogens with two attached hydrogens (primary N) is 1. The number of rotatable bonds is 2. The maximum Gasteiger partial charge on any atom is 0.212 e. The third-order valence-corrected chi connectivity index (χ3v) is 0.895. The summed E-state index contributed by atoms with van der Waals surface area (Å²) in [6.07, 6.45) is 1.81. The molecule has 1 rings (SSSR count). The fourth-order valence-electron chi connectivity index (χ4n) is 0.512. The van der Waals surface area contributed by atoms with Gasteiger partial charge in [-0.05, 0) is 0 Å². The fourth-order valence-corrected chi connectivity index (χ4v) is 0.512. The van der Waals surface area contributed by atoms with Crippen LogP contribution in [0.3, 0.4) is 0 Å². The zero-order chi connectivity index (χ0) is 7.40. The Hall–Kier alpha value is -1.65. The smallest absolute Gasteiger partial charge is 0.212 e. The van der Waals surface area contributed by atoms with Gasteiger partial charge in [0.2, 0.25) is 6.41 Å². The number of nitrogen functional groups attached to an aromatic ring is 1. The highest BCUT2D eigenvalue weighted by molar-refractivity contribution is 5.69. The van der Waals surface area contributed by atoms with Gasteiger partial charge in [-0.2, -0.15) is 0 Å². The molecule has 0 aromatic carbocycles. The minimum atomic E-state index is 0.333. The van der Waals surface area contributed by atoms with E-state index in [1.165, 1.54) is 12.4 Å². The van der Waals surface area contributed by atoms with Crippen molar-refractivity contribution in [3.05, 3.63) is 12.4 Å². The Morgan fingerprint density at radius 3 is 3.00 bits per heavy atom. The Bertz CT molecular complexity index is 237. The van der Waals surface area contributed by atoms with Gasteiger partial charge in [-0.1, -0.05) is 0 Å². The number of nitrogens with zero attached hydrogens (tertiary/aromatic N) is 2. The standard InChI is InChI=1S/C5H6N4O/c6-4-1-5(9-3-10)8-2-7-4/h1-3H,(H3,6,7,8,9,10). The van der Waals surface area contributed by atoms with Gasteiger partial charge in [0.25, 0.3) is 0 Å². The van der Waals surface area contributed by atoms with Crippen LogP contribution in [-0.2, 0) is 4.79 Å². The summed E-state index contributed by atoms with van der Waals surface area (Å²) in [5, 5.41) is 2.34. The van der Waals surface area contributed by atoms with Crippen molar-refractivity contribution in [2.45, 2.75) is 0 Å². The highest BCUT2D eigenvalue weighted by atomic mass is 16.1. The zero-order valence-electron chi connectivity index (χ0n) is 5.11. The minimum Gasteiger partial charge on any atom is -0.384 e. The maximum absolute atomic E-state index is 9.87. The summed E-state index contributed by atoms with van der Waals surface area (Å²) in [5.74, 6) is 0.738. The molecule has 10 heavy (non-hydrogen) atoms. The summed E-state index contributed by atoms with van der Waals surface area (Å²) >= 11 is 0. The number of hydrogen-bond acceptors (Lipinski definition) is 4. The molecule has 52 valence electrons. The van der Waals surface area contributed by atoms with E-state index < -0.39 is 0 Å². The molecule has 0 saturated carbocycles. The van der Waals surface area contributed by atoms with Gasteiger partial charge in [0.1, 0.15) is 18.0 Å². The van der Waals surface area contributed by atoms with Crippen LogP contribution in [0.15, 0.2) is 12.4 Å². The highest BCUT2D eigenvalue weighted by Gasteiger charge is 1.90. The molecule has 0 fully saturated rings. The number of hydrogen-bond donors (Lipinski definition) is 2. The van der Waals surface area contributed by atoms with Crippen LogP contribution in [-0.4, -0.2) is 16.4 Å². The van der Waals surface area contributed by atoms with E-state index in [1.54, 1.807) is 0 Å². The van der Waals surface area contributed by atoms with Crippen LogP contribution >= 0.6 is 0 Å². The molecule has 5 nitrogen and oxygen atoms in total. The summed E-state index contributed by atoms with van der Waals surface area (Å²) in [7, 11) is 0. The quantitative estimate of drug-likeness (QED) is 0.546. The molecular formula is C5H6N4O. The second-order valence-electron chi connectivity index (χ2n) is 1.59. The molecule has 1 amide bonds. The van der Waals surface area contributed by atoms with E-state index in [9.17, 15) is 4.79 Å². The number of carbonyl (C=O) groups excluding carboxylic acids is 1. The lowest BCUT2D eigenvalue weighted by Gasteiger charge is -1.95. The molecule has 1 heterocycles. The molecule has 3 N–H and O–H groups in total. The lowest BCUT2D eigenvalue weighted by Crippen LogP contribution is -1.99. The van der Waals surface area contributed by atoms with Crippen LogP contribution in [0.2, 0.25) is 0 Å². The van der Waals surface area contributed by atoms with Gasteiger partial charge in [0.15, 0.2) is 0 Å². The fraction of sp³-hybridized carbons (Fsp3) is 0. The first-order valence-corrected chi connectivity index (χ1v) is 2.60. The molecule has 1 aromatic heterocycles. The summed E-state index contributed by atoms with van der Waals surface area (Å²) in [6, 6.07) is 1.47. The van der Waals surface area contributed by atoms with E-state index in [2.05, 4.69) is 15.3 Å². The average Bonchev–Trinajstić information content (AvgIpc) is 1.88. The van der Waals surface area contributed by atoms with Gasteiger partial charge in [-0.25, -0.2) is 9.97 Å². The van der Waals surface area contributed by atoms with Gasteiger partial charge < -0.3 is 11.1 Å². The van der Waals surface area contributed by atoms with Crippen molar-refractivity contribution < 1.29 is 4.79 Å². The number of nitrogens with one attached hydrogen (secondary N) is 1. The van der Waals surface area contributed by atoms with Crippen molar-refractivity contribution in [2.75, 3.05) is 11.1 Å². The van der Waals surface area contributed by atoms with Gasteiger partial charge in [0, 0.05) is 6.07 Å². The van der Waals surface area contributed by atoms with Crippen molar-refractivity contribution in [1.82, 2.24) is 9.97 Å². The van der Waals surface area contributed by atoms with Crippen molar-refractivity contribution in [1.29, 1.82) is 0 Å². The first kappa shape index (κ1) is 6.47. The van der Waals surface area contributed by atoms with Gasteiger partial charge in [0.05, 0.1) is 0 Å². The number of aromatic nitrogens is 2. The molecule has 0 spiro atoms. The Morgan fingerprint density at radius 2 is 2.40 bits per heavy atom. The number of carbonyl (C=O) groups is 1. The Labute approximate surface area is 57.3 Å². The third-order valence-electron chi connectivity index (χ3n) is 0.895. The van der Waals surface area contributed by atoms with E-state index in [-0.39, 0.29) is 0 Å². The minimum absolute atomic E-state index is 0.333. The Morgan fingerprint density at radius 1 is 1.60 bits per heavy atom. The van der Waals surface area contributed by atoms with Crippen molar-refractivity contribution >= 4 is 18.0 Å². The Kier molecular flexibility index (Phi) is 1.79. The van der Waals surface area contributed by atoms with Gasteiger partial charge >= 0.3 is 0 Å². The molecule has 5 heteroatoms. The maximum atomic E-state index is 9.87. The number of amides is 1. The van der Waals surface area contributed by atoms with Crippen molar-refractivity contribution in [3.63, 3.8) is 0 Å². The van der Waals surface area contributed by atoms with Gasteiger partial charge in [-0.3, -0.25) is 4.79 Å². The third kappa shape index (κ3) is 1.41. The largest absolute Gasteiger partial charge is 0.384 e. The van der Waals surface area contributed by atoms with Gasteiger partial charge in [-0.15, -0.1) is 0 Å². The molecule has 1 aromatic rings.